The molecule has 2 aromatic heterocycles. The van der Waals surface area contributed by atoms with E-state index in [0.717, 1.165) is 12.8 Å². The standard InChI is InChI=1S/C17H22F3N5O/c1-4-5-11-8-15(26)24(9-11)10-12-16(17(18,19)20)21-13-6-7-14(23(2)3)22-25(12)13/h6-7,11H,4-5,8-10H2,1-3H3. The third-order valence-corrected chi connectivity index (χ3v) is 4.62. The predicted molar refractivity (Wildman–Crippen MR) is 90.7 cm³/mol. The average Bonchev–Trinajstić information content (AvgIpc) is 3.08. The number of rotatable bonds is 5. The van der Waals surface area contributed by atoms with Gasteiger partial charge in [-0.05, 0) is 24.5 Å². The Morgan fingerprint density at radius 3 is 2.65 bits per heavy atom. The van der Waals surface area contributed by atoms with Gasteiger partial charge in [-0.25, -0.2) is 9.50 Å². The van der Waals surface area contributed by atoms with Crippen LogP contribution in [0.1, 0.15) is 37.6 Å². The highest BCUT2D eigenvalue weighted by atomic mass is 19.4. The number of hydrogen-bond donors (Lipinski definition) is 0. The number of fused-ring (bicyclic) bond motifs is 1. The molecule has 1 fully saturated rings. The molecule has 0 bridgehead atoms. The number of amides is 1. The van der Waals surface area contributed by atoms with Gasteiger partial charge in [-0.15, -0.1) is 5.10 Å². The molecule has 1 saturated heterocycles. The number of carbonyl (C=O) groups excluding carboxylic acids is 1. The monoisotopic (exact) mass is 369 g/mol. The Balaban J connectivity index is 2.02. The first-order chi connectivity index (χ1) is 12.2. The summed E-state index contributed by atoms with van der Waals surface area (Å²) in [6.45, 7) is 2.37. The molecule has 6 nitrogen and oxygen atoms in total. The largest absolute Gasteiger partial charge is 0.435 e. The second-order valence-corrected chi connectivity index (χ2v) is 6.89. The van der Waals surface area contributed by atoms with Crippen LogP contribution in [0.25, 0.3) is 5.65 Å². The number of nitrogens with zero attached hydrogens (tertiary/aromatic N) is 5. The maximum absolute atomic E-state index is 13.5. The van der Waals surface area contributed by atoms with Gasteiger partial charge in [-0.1, -0.05) is 13.3 Å². The number of imidazole rings is 1. The smallest absolute Gasteiger partial charge is 0.361 e. The second kappa shape index (κ2) is 6.77. The Labute approximate surface area is 149 Å². The van der Waals surface area contributed by atoms with E-state index in [1.54, 1.807) is 25.1 Å². The summed E-state index contributed by atoms with van der Waals surface area (Å²) in [6, 6.07) is 3.12. The van der Waals surface area contributed by atoms with Crippen molar-refractivity contribution in [2.45, 2.75) is 38.9 Å². The van der Waals surface area contributed by atoms with Crippen LogP contribution in [0.2, 0.25) is 0 Å². The SMILES string of the molecule is CCCC1CC(=O)N(Cc2c(C(F)(F)F)nc3ccc(N(C)C)nn23)C1. The maximum atomic E-state index is 13.5. The summed E-state index contributed by atoms with van der Waals surface area (Å²) < 4.78 is 41.7. The van der Waals surface area contributed by atoms with Gasteiger partial charge < -0.3 is 9.80 Å². The van der Waals surface area contributed by atoms with Crippen LogP contribution in [-0.4, -0.2) is 46.0 Å². The molecule has 142 valence electrons. The van der Waals surface area contributed by atoms with Crippen LogP contribution >= 0.6 is 0 Å². The van der Waals surface area contributed by atoms with Crippen molar-refractivity contribution in [3.05, 3.63) is 23.5 Å². The lowest BCUT2D eigenvalue weighted by Crippen LogP contribution is -2.27. The molecule has 1 aliphatic heterocycles. The number of anilines is 1. The van der Waals surface area contributed by atoms with E-state index < -0.39 is 11.9 Å². The summed E-state index contributed by atoms with van der Waals surface area (Å²) in [5.74, 6) is 0.600. The van der Waals surface area contributed by atoms with E-state index in [9.17, 15) is 18.0 Å². The summed E-state index contributed by atoms with van der Waals surface area (Å²) in [7, 11) is 3.52. The van der Waals surface area contributed by atoms with Crippen molar-refractivity contribution in [1.82, 2.24) is 19.5 Å². The van der Waals surface area contributed by atoms with Gasteiger partial charge in [0, 0.05) is 27.1 Å². The number of aromatic nitrogens is 3. The van der Waals surface area contributed by atoms with Gasteiger partial charge in [-0.2, -0.15) is 13.2 Å². The van der Waals surface area contributed by atoms with Crippen molar-refractivity contribution in [2.75, 3.05) is 25.5 Å². The minimum absolute atomic E-state index is 0.0956. The lowest BCUT2D eigenvalue weighted by Gasteiger charge is -2.18. The molecule has 0 aromatic carbocycles. The highest BCUT2D eigenvalue weighted by Gasteiger charge is 2.40. The minimum Gasteiger partial charge on any atom is -0.361 e. The zero-order valence-corrected chi connectivity index (χ0v) is 15.0. The average molecular weight is 369 g/mol. The molecule has 1 aliphatic rings. The van der Waals surface area contributed by atoms with Gasteiger partial charge in [0.1, 0.15) is 5.82 Å². The lowest BCUT2D eigenvalue weighted by molar-refractivity contribution is -0.142. The van der Waals surface area contributed by atoms with Gasteiger partial charge in [0.25, 0.3) is 0 Å². The van der Waals surface area contributed by atoms with Crippen LogP contribution < -0.4 is 4.90 Å². The minimum atomic E-state index is -4.60. The molecule has 0 aliphatic carbocycles. The Morgan fingerprint density at radius 1 is 1.31 bits per heavy atom. The summed E-state index contributed by atoms with van der Waals surface area (Å²) in [4.78, 5) is 19.2. The molecule has 26 heavy (non-hydrogen) atoms. The fourth-order valence-electron chi connectivity index (χ4n) is 3.37. The summed E-state index contributed by atoms with van der Waals surface area (Å²) in [5, 5.41) is 4.27. The zero-order valence-electron chi connectivity index (χ0n) is 15.0. The van der Waals surface area contributed by atoms with Crippen LogP contribution in [-0.2, 0) is 17.5 Å². The quantitative estimate of drug-likeness (QED) is 0.813. The van der Waals surface area contributed by atoms with Gasteiger partial charge in [-0.3, -0.25) is 4.79 Å². The lowest BCUT2D eigenvalue weighted by atomic mass is 10.0. The molecule has 3 heterocycles. The number of hydrogen-bond acceptors (Lipinski definition) is 4. The first-order valence-corrected chi connectivity index (χ1v) is 8.61. The summed E-state index contributed by atoms with van der Waals surface area (Å²) in [6.07, 6.45) is -2.37. The van der Waals surface area contributed by atoms with Crippen molar-refractivity contribution >= 4 is 17.4 Å². The molecular formula is C17H22F3N5O. The molecule has 0 saturated carbocycles. The third-order valence-electron chi connectivity index (χ3n) is 4.62. The molecule has 0 N–H and O–H groups in total. The van der Waals surface area contributed by atoms with Crippen LogP contribution in [0.4, 0.5) is 19.0 Å². The van der Waals surface area contributed by atoms with Crippen LogP contribution in [0.3, 0.4) is 0 Å². The van der Waals surface area contributed by atoms with Crippen molar-refractivity contribution in [2.24, 2.45) is 5.92 Å². The van der Waals surface area contributed by atoms with E-state index in [1.165, 1.54) is 15.5 Å². The number of likely N-dealkylation sites (tertiary alicyclic amines) is 1. The van der Waals surface area contributed by atoms with Gasteiger partial charge in [0.15, 0.2) is 11.3 Å². The van der Waals surface area contributed by atoms with E-state index in [1.807, 2.05) is 6.92 Å². The molecule has 9 heteroatoms. The fraction of sp³-hybridized carbons (Fsp3) is 0.588. The van der Waals surface area contributed by atoms with Crippen molar-refractivity contribution < 1.29 is 18.0 Å². The molecule has 0 radical (unpaired) electrons. The van der Waals surface area contributed by atoms with Crippen LogP contribution in [0, 0.1) is 5.92 Å². The molecule has 0 spiro atoms. The van der Waals surface area contributed by atoms with E-state index in [0.29, 0.717) is 18.8 Å². The predicted octanol–water partition coefficient (Wildman–Crippen LogP) is 2.96. The third kappa shape index (κ3) is 3.47. The Kier molecular flexibility index (Phi) is 4.81. The first kappa shape index (κ1) is 18.5. The van der Waals surface area contributed by atoms with Gasteiger partial charge in [0.05, 0.1) is 12.2 Å². The van der Waals surface area contributed by atoms with Crippen molar-refractivity contribution in [1.29, 1.82) is 0 Å². The van der Waals surface area contributed by atoms with E-state index in [-0.39, 0.29) is 29.7 Å². The van der Waals surface area contributed by atoms with E-state index in [2.05, 4.69) is 10.1 Å². The summed E-state index contributed by atoms with van der Waals surface area (Å²) in [5.41, 5.74) is -0.955. The highest BCUT2D eigenvalue weighted by Crippen LogP contribution is 2.34. The van der Waals surface area contributed by atoms with Crippen LogP contribution in [0.15, 0.2) is 12.1 Å². The van der Waals surface area contributed by atoms with Crippen molar-refractivity contribution in [3.63, 3.8) is 0 Å². The molecule has 3 rings (SSSR count). The summed E-state index contributed by atoms with van der Waals surface area (Å²) >= 11 is 0. The number of carbonyl (C=O) groups is 1. The van der Waals surface area contributed by atoms with Crippen LogP contribution in [0.5, 0.6) is 0 Å². The fourth-order valence-corrected chi connectivity index (χ4v) is 3.37. The Bertz CT molecular complexity index is 815. The topological polar surface area (TPSA) is 53.7 Å². The van der Waals surface area contributed by atoms with E-state index >= 15 is 0 Å². The van der Waals surface area contributed by atoms with Gasteiger partial charge >= 0.3 is 6.18 Å². The highest BCUT2D eigenvalue weighted by molar-refractivity contribution is 5.78. The Hall–Kier alpha value is -2.32. The van der Waals surface area contributed by atoms with Crippen molar-refractivity contribution in [3.8, 4) is 0 Å². The second-order valence-electron chi connectivity index (χ2n) is 6.89. The molecular weight excluding hydrogens is 347 g/mol. The number of halogens is 3. The zero-order chi connectivity index (χ0) is 19.1. The maximum Gasteiger partial charge on any atom is 0.435 e. The van der Waals surface area contributed by atoms with E-state index in [4.69, 9.17) is 0 Å². The number of alkyl halides is 3. The molecule has 1 amide bonds. The normalized spacial score (nSPS) is 18.2. The van der Waals surface area contributed by atoms with Gasteiger partial charge in [0.2, 0.25) is 5.91 Å². The first-order valence-electron chi connectivity index (χ1n) is 8.61. The molecule has 1 unspecified atom stereocenters. The molecule has 1 atom stereocenters. The Morgan fingerprint density at radius 2 is 2.04 bits per heavy atom. The molecule has 2 aromatic rings.